The number of hydrogen-bond acceptors (Lipinski definition) is 7. The number of nitrogens with one attached hydrogen (secondary N) is 1. The quantitative estimate of drug-likeness (QED) is 0.308. The van der Waals surface area contributed by atoms with Gasteiger partial charge in [0.25, 0.3) is 17.8 Å². The fraction of sp³-hybridized carbons (Fsp3) is 0.273. The maximum atomic E-state index is 14.7. The molecule has 0 spiro atoms. The van der Waals surface area contributed by atoms with Crippen LogP contribution in [0, 0.1) is 11.6 Å². The van der Waals surface area contributed by atoms with Gasteiger partial charge in [-0.05, 0) is 37.3 Å². The van der Waals surface area contributed by atoms with Crippen molar-refractivity contribution >= 4 is 41.6 Å². The lowest BCUT2D eigenvalue weighted by molar-refractivity contribution is -0.0249. The Balaban J connectivity index is 1.61. The molecule has 1 saturated heterocycles. The number of benzene rings is 2. The summed E-state index contributed by atoms with van der Waals surface area (Å²) in [7, 11) is 0. The molecule has 34 heavy (non-hydrogen) atoms. The highest BCUT2D eigenvalue weighted by Gasteiger charge is 2.51. The van der Waals surface area contributed by atoms with Crippen LogP contribution < -0.4 is 10.4 Å². The SMILES string of the molecule is C=NN(/N=C\C)c1ccc(F)cc1C(=O)N1CCC(F)(F)C1CNc1nc2cc(F)ccc2o1. The number of carbonyl (C=O) groups is 1. The number of rotatable bonds is 7. The first-order valence-corrected chi connectivity index (χ1v) is 10.3. The fourth-order valence-corrected chi connectivity index (χ4v) is 3.78. The minimum Gasteiger partial charge on any atom is -0.424 e. The third-order valence-corrected chi connectivity index (χ3v) is 5.37. The first kappa shape index (κ1) is 23.2. The summed E-state index contributed by atoms with van der Waals surface area (Å²) in [6.45, 7) is 4.31. The molecule has 0 radical (unpaired) electrons. The number of hydrazone groups is 2. The number of oxazole rings is 1. The fourth-order valence-electron chi connectivity index (χ4n) is 3.78. The van der Waals surface area contributed by atoms with Gasteiger partial charge in [-0.2, -0.15) is 20.3 Å². The van der Waals surface area contributed by atoms with Crippen molar-refractivity contribution in [2.45, 2.75) is 25.3 Å². The summed E-state index contributed by atoms with van der Waals surface area (Å²) in [5.74, 6) is -5.30. The number of likely N-dealkylation sites (tertiary alicyclic amines) is 1. The normalized spacial score (nSPS) is 17.4. The summed E-state index contributed by atoms with van der Waals surface area (Å²) in [6, 6.07) is 5.33. The number of aromatic nitrogens is 1. The molecule has 1 atom stereocenters. The Hall–Kier alpha value is -3.96. The molecule has 178 valence electrons. The van der Waals surface area contributed by atoms with Crippen LogP contribution in [-0.4, -0.2) is 53.8 Å². The summed E-state index contributed by atoms with van der Waals surface area (Å²) >= 11 is 0. The largest absolute Gasteiger partial charge is 0.424 e. The second kappa shape index (κ2) is 9.12. The zero-order chi connectivity index (χ0) is 24.5. The van der Waals surface area contributed by atoms with Crippen LogP contribution in [0.15, 0.2) is 51.0 Å². The first-order chi connectivity index (χ1) is 16.2. The molecule has 0 aliphatic carbocycles. The Bertz CT molecular complexity index is 1260. The van der Waals surface area contributed by atoms with Crippen LogP contribution in [0.25, 0.3) is 11.1 Å². The zero-order valence-corrected chi connectivity index (χ0v) is 18.0. The van der Waals surface area contributed by atoms with Gasteiger partial charge in [-0.1, -0.05) is 0 Å². The van der Waals surface area contributed by atoms with Crippen LogP contribution >= 0.6 is 0 Å². The lowest BCUT2D eigenvalue weighted by atomic mass is 10.1. The third kappa shape index (κ3) is 4.43. The van der Waals surface area contributed by atoms with Crippen LogP contribution in [0.1, 0.15) is 23.7 Å². The Kier molecular flexibility index (Phi) is 6.22. The monoisotopic (exact) mass is 476 g/mol. The average molecular weight is 476 g/mol. The molecule has 1 unspecified atom stereocenters. The summed E-state index contributed by atoms with van der Waals surface area (Å²) in [5.41, 5.74) is 0.375. The van der Waals surface area contributed by atoms with Crippen LogP contribution in [0.5, 0.6) is 0 Å². The third-order valence-electron chi connectivity index (χ3n) is 5.37. The lowest BCUT2D eigenvalue weighted by Crippen LogP contribution is -2.47. The minimum atomic E-state index is -3.23. The van der Waals surface area contributed by atoms with Crippen molar-refractivity contribution < 1.29 is 26.8 Å². The van der Waals surface area contributed by atoms with Crippen molar-refractivity contribution in [3.05, 3.63) is 53.6 Å². The number of halogens is 4. The summed E-state index contributed by atoms with van der Waals surface area (Å²) in [5, 5.41) is 11.3. The Labute approximate surface area is 191 Å². The van der Waals surface area contributed by atoms with E-state index >= 15 is 0 Å². The summed E-state index contributed by atoms with van der Waals surface area (Å²) < 4.78 is 62.3. The summed E-state index contributed by atoms with van der Waals surface area (Å²) in [6.07, 6.45) is 0.806. The zero-order valence-electron chi connectivity index (χ0n) is 18.0. The van der Waals surface area contributed by atoms with E-state index in [4.69, 9.17) is 4.42 Å². The predicted octanol–water partition coefficient (Wildman–Crippen LogP) is 4.50. The number of fused-ring (bicyclic) bond motifs is 1. The molecule has 12 heteroatoms. The van der Waals surface area contributed by atoms with Gasteiger partial charge >= 0.3 is 0 Å². The van der Waals surface area contributed by atoms with Gasteiger partial charge in [0.1, 0.15) is 23.2 Å². The van der Waals surface area contributed by atoms with Gasteiger partial charge in [0, 0.05) is 38.5 Å². The highest BCUT2D eigenvalue weighted by Crippen LogP contribution is 2.36. The molecule has 3 aromatic rings. The van der Waals surface area contributed by atoms with Gasteiger partial charge in [0.2, 0.25) is 0 Å². The Morgan fingerprint density at radius 1 is 1.32 bits per heavy atom. The molecule has 1 aromatic heterocycles. The van der Waals surface area contributed by atoms with Crippen molar-refractivity contribution in [3.63, 3.8) is 0 Å². The number of anilines is 2. The molecule has 1 aliphatic heterocycles. The highest BCUT2D eigenvalue weighted by atomic mass is 19.3. The maximum absolute atomic E-state index is 14.7. The van der Waals surface area contributed by atoms with Gasteiger partial charge in [0.15, 0.2) is 5.58 Å². The van der Waals surface area contributed by atoms with E-state index < -0.39 is 42.5 Å². The molecule has 0 bridgehead atoms. The molecule has 0 saturated carbocycles. The maximum Gasteiger partial charge on any atom is 0.295 e. The van der Waals surface area contributed by atoms with Crippen molar-refractivity contribution in [1.29, 1.82) is 0 Å². The van der Waals surface area contributed by atoms with Crippen molar-refractivity contribution in [2.75, 3.05) is 23.5 Å². The van der Waals surface area contributed by atoms with Gasteiger partial charge in [-0.3, -0.25) is 4.79 Å². The number of alkyl halides is 2. The number of hydrogen-bond donors (Lipinski definition) is 1. The van der Waals surface area contributed by atoms with E-state index in [0.29, 0.717) is 0 Å². The second-order valence-electron chi connectivity index (χ2n) is 7.50. The molecule has 1 N–H and O–H groups in total. The molecular weight excluding hydrogens is 456 g/mol. The van der Waals surface area contributed by atoms with Gasteiger partial charge in [0.05, 0.1) is 11.3 Å². The topological polar surface area (TPSA) is 86.3 Å². The van der Waals surface area contributed by atoms with E-state index in [1.165, 1.54) is 24.4 Å². The molecule has 1 aliphatic rings. The molecule has 4 rings (SSSR count). The number of carbonyl (C=O) groups excluding carboxylic acids is 1. The van der Waals surface area contributed by atoms with Crippen LogP contribution in [-0.2, 0) is 0 Å². The highest BCUT2D eigenvalue weighted by molar-refractivity contribution is 6.00. The average Bonchev–Trinajstić information content (AvgIpc) is 3.34. The minimum absolute atomic E-state index is 0.0856. The van der Waals surface area contributed by atoms with Gasteiger partial charge in [-0.25, -0.2) is 17.6 Å². The van der Waals surface area contributed by atoms with E-state index in [1.54, 1.807) is 6.92 Å². The molecule has 2 aromatic carbocycles. The Morgan fingerprint density at radius 2 is 2.06 bits per heavy atom. The number of nitrogens with zero attached hydrogens (tertiary/aromatic N) is 5. The van der Waals surface area contributed by atoms with E-state index in [0.717, 1.165) is 28.2 Å². The van der Waals surface area contributed by atoms with Crippen LogP contribution in [0.3, 0.4) is 0 Å². The molecule has 1 fully saturated rings. The van der Waals surface area contributed by atoms with Crippen molar-refractivity contribution in [1.82, 2.24) is 9.88 Å². The summed E-state index contributed by atoms with van der Waals surface area (Å²) in [4.78, 5) is 18.3. The van der Waals surface area contributed by atoms with Crippen LogP contribution in [0.2, 0.25) is 0 Å². The van der Waals surface area contributed by atoms with E-state index in [-0.39, 0.29) is 34.9 Å². The number of amides is 1. The first-order valence-electron chi connectivity index (χ1n) is 10.3. The smallest absolute Gasteiger partial charge is 0.295 e. The van der Waals surface area contributed by atoms with E-state index in [1.807, 2.05) is 0 Å². The van der Waals surface area contributed by atoms with E-state index in [2.05, 4.69) is 27.2 Å². The van der Waals surface area contributed by atoms with E-state index in [9.17, 15) is 22.4 Å². The molecular formula is C22H20F4N6O2. The van der Waals surface area contributed by atoms with Gasteiger partial charge in [-0.15, -0.1) is 0 Å². The van der Waals surface area contributed by atoms with Crippen LogP contribution in [0.4, 0.5) is 29.3 Å². The van der Waals surface area contributed by atoms with Crippen molar-refractivity contribution in [2.24, 2.45) is 10.2 Å². The van der Waals surface area contributed by atoms with Gasteiger partial charge < -0.3 is 14.6 Å². The lowest BCUT2D eigenvalue weighted by Gasteiger charge is -2.28. The molecule has 2 heterocycles. The second-order valence-corrected chi connectivity index (χ2v) is 7.50. The molecule has 8 nitrogen and oxygen atoms in total. The Morgan fingerprint density at radius 3 is 2.79 bits per heavy atom. The van der Waals surface area contributed by atoms with Crippen molar-refractivity contribution in [3.8, 4) is 0 Å². The standard InChI is InChI=1S/C22H20F4N6O2/c1-3-29-32(27-2)17-6-4-13(23)10-15(17)20(33)31-9-8-22(25,26)19(31)12-28-21-30-16-11-14(24)5-7-18(16)34-21/h3-7,10-11,19H,2,8-9,12H2,1H3,(H,28,30)/b29-3-. The predicted molar refractivity (Wildman–Crippen MR) is 119 cm³/mol. The molecule has 1 amide bonds.